The van der Waals surface area contributed by atoms with Crippen LogP contribution in [0.25, 0.3) is 0 Å². The predicted molar refractivity (Wildman–Crippen MR) is 54.6 cm³/mol. The van der Waals surface area contributed by atoms with E-state index >= 15 is 0 Å². The van der Waals surface area contributed by atoms with Gasteiger partial charge in [-0.05, 0) is 12.8 Å². The largest absolute Gasteiger partial charge is 0.412 e. The Morgan fingerprint density at radius 1 is 1.27 bits per heavy atom. The van der Waals surface area contributed by atoms with E-state index in [1.807, 2.05) is 13.8 Å². The van der Waals surface area contributed by atoms with E-state index in [0.717, 1.165) is 5.57 Å². The second-order valence-electron chi connectivity index (χ2n) is 4.05. The summed E-state index contributed by atoms with van der Waals surface area (Å²) in [4.78, 5) is 0. The molecule has 0 aromatic carbocycles. The Kier molecular flexibility index (Phi) is 3.97. The van der Waals surface area contributed by atoms with E-state index in [9.17, 15) is 13.2 Å². The molecule has 1 aliphatic carbocycles. The minimum Gasteiger partial charge on any atom is -0.311 e. The molecule has 0 aliphatic heterocycles. The van der Waals surface area contributed by atoms with Crippen molar-refractivity contribution in [2.24, 2.45) is 0 Å². The SMILES string of the molecule is CC(C)NCC1=CC=C(C(F)(F)F)CC1. The van der Waals surface area contributed by atoms with Gasteiger partial charge in [-0.15, -0.1) is 0 Å². The maximum absolute atomic E-state index is 12.3. The topological polar surface area (TPSA) is 12.0 Å². The van der Waals surface area contributed by atoms with Gasteiger partial charge in [0.25, 0.3) is 0 Å². The highest BCUT2D eigenvalue weighted by atomic mass is 19.4. The van der Waals surface area contributed by atoms with Crippen molar-refractivity contribution in [3.8, 4) is 0 Å². The van der Waals surface area contributed by atoms with Crippen LogP contribution < -0.4 is 5.32 Å². The average molecular weight is 219 g/mol. The molecule has 0 atom stereocenters. The van der Waals surface area contributed by atoms with Crippen molar-refractivity contribution in [2.75, 3.05) is 6.54 Å². The molecule has 0 saturated heterocycles. The molecule has 86 valence electrons. The van der Waals surface area contributed by atoms with Crippen LogP contribution in [-0.2, 0) is 0 Å². The van der Waals surface area contributed by atoms with Crippen molar-refractivity contribution in [1.82, 2.24) is 5.32 Å². The molecule has 0 fully saturated rings. The molecular weight excluding hydrogens is 203 g/mol. The van der Waals surface area contributed by atoms with E-state index in [-0.39, 0.29) is 6.42 Å². The lowest BCUT2D eigenvalue weighted by atomic mass is 9.98. The Labute approximate surface area is 88.1 Å². The number of alkyl halides is 3. The quantitative estimate of drug-likeness (QED) is 0.768. The second kappa shape index (κ2) is 4.84. The van der Waals surface area contributed by atoms with Crippen LogP contribution in [0, 0.1) is 0 Å². The summed E-state index contributed by atoms with van der Waals surface area (Å²) in [5.74, 6) is 0. The first-order valence-electron chi connectivity index (χ1n) is 5.09. The number of nitrogens with one attached hydrogen (secondary N) is 1. The molecule has 0 bridgehead atoms. The van der Waals surface area contributed by atoms with Crippen molar-refractivity contribution in [2.45, 2.75) is 38.9 Å². The van der Waals surface area contributed by atoms with Crippen molar-refractivity contribution in [1.29, 1.82) is 0 Å². The molecule has 0 spiro atoms. The van der Waals surface area contributed by atoms with Gasteiger partial charge in [-0.25, -0.2) is 0 Å². The fourth-order valence-electron chi connectivity index (χ4n) is 1.40. The Hall–Kier alpha value is -0.770. The highest BCUT2D eigenvalue weighted by Gasteiger charge is 2.33. The molecule has 0 aromatic rings. The van der Waals surface area contributed by atoms with Gasteiger partial charge in [0.1, 0.15) is 0 Å². The molecule has 0 heterocycles. The third-order valence-corrected chi connectivity index (χ3v) is 2.34. The lowest BCUT2D eigenvalue weighted by Crippen LogP contribution is -2.25. The molecule has 0 radical (unpaired) electrons. The molecule has 1 aliphatic rings. The summed E-state index contributed by atoms with van der Waals surface area (Å²) in [5, 5.41) is 3.19. The first-order valence-corrected chi connectivity index (χ1v) is 5.09. The van der Waals surface area contributed by atoms with Crippen molar-refractivity contribution in [3.05, 3.63) is 23.3 Å². The minimum absolute atomic E-state index is 0.106. The number of hydrogen-bond donors (Lipinski definition) is 1. The lowest BCUT2D eigenvalue weighted by molar-refractivity contribution is -0.0941. The van der Waals surface area contributed by atoms with Gasteiger partial charge < -0.3 is 5.32 Å². The molecule has 0 aromatic heterocycles. The molecule has 15 heavy (non-hydrogen) atoms. The average Bonchev–Trinajstić information content (AvgIpc) is 2.14. The van der Waals surface area contributed by atoms with Crippen LogP contribution in [0.5, 0.6) is 0 Å². The molecular formula is C11H16F3N. The van der Waals surface area contributed by atoms with Crippen LogP contribution in [0.1, 0.15) is 26.7 Å². The van der Waals surface area contributed by atoms with E-state index in [1.54, 1.807) is 6.08 Å². The van der Waals surface area contributed by atoms with Gasteiger partial charge >= 0.3 is 6.18 Å². The zero-order chi connectivity index (χ0) is 11.5. The maximum atomic E-state index is 12.3. The van der Waals surface area contributed by atoms with E-state index in [2.05, 4.69) is 5.32 Å². The third-order valence-electron chi connectivity index (χ3n) is 2.34. The maximum Gasteiger partial charge on any atom is 0.412 e. The smallest absolute Gasteiger partial charge is 0.311 e. The summed E-state index contributed by atoms with van der Waals surface area (Å²) >= 11 is 0. The van der Waals surface area contributed by atoms with Gasteiger partial charge in [0.2, 0.25) is 0 Å². The van der Waals surface area contributed by atoms with Crippen LogP contribution in [-0.4, -0.2) is 18.8 Å². The Morgan fingerprint density at radius 3 is 2.33 bits per heavy atom. The monoisotopic (exact) mass is 219 g/mol. The molecule has 1 N–H and O–H groups in total. The Balaban J connectivity index is 2.53. The summed E-state index contributed by atoms with van der Waals surface area (Å²) in [6.45, 7) is 4.71. The number of allylic oxidation sites excluding steroid dienone is 3. The van der Waals surface area contributed by atoms with E-state index in [0.29, 0.717) is 19.0 Å². The predicted octanol–water partition coefficient (Wildman–Crippen LogP) is 3.19. The molecule has 0 unspecified atom stereocenters. The van der Waals surface area contributed by atoms with Crippen LogP contribution in [0.15, 0.2) is 23.3 Å². The van der Waals surface area contributed by atoms with Gasteiger partial charge in [0.05, 0.1) is 0 Å². The van der Waals surface area contributed by atoms with Gasteiger partial charge in [-0.1, -0.05) is 31.6 Å². The highest BCUT2D eigenvalue weighted by Crippen LogP contribution is 2.32. The zero-order valence-corrected chi connectivity index (χ0v) is 8.99. The fraction of sp³-hybridized carbons (Fsp3) is 0.636. The van der Waals surface area contributed by atoms with Crippen molar-refractivity contribution < 1.29 is 13.2 Å². The number of rotatable bonds is 3. The highest BCUT2D eigenvalue weighted by molar-refractivity contribution is 5.27. The van der Waals surface area contributed by atoms with Gasteiger partial charge in [0, 0.05) is 18.2 Å². The third kappa shape index (κ3) is 4.08. The van der Waals surface area contributed by atoms with Crippen LogP contribution >= 0.6 is 0 Å². The molecule has 1 nitrogen and oxygen atoms in total. The molecule has 0 saturated carbocycles. The standard InChI is InChI=1S/C11H16F3N/c1-8(2)15-7-9-3-5-10(6-4-9)11(12,13)14/h3,5,8,15H,4,6-7H2,1-2H3. The number of halogens is 3. The lowest BCUT2D eigenvalue weighted by Gasteiger charge is -2.18. The molecule has 0 amide bonds. The second-order valence-corrected chi connectivity index (χ2v) is 4.05. The zero-order valence-electron chi connectivity index (χ0n) is 8.99. The summed E-state index contributed by atoms with van der Waals surface area (Å²) < 4.78 is 36.8. The number of hydrogen-bond acceptors (Lipinski definition) is 1. The summed E-state index contributed by atoms with van der Waals surface area (Å²) in [6.07, 6.45) is -0.768. The van der Waals surface area contributed by atoms with E-state index < -0.39 is 11.7 Å². The van der Waals surface area contributed by atoms with Crippen molar-refractivity contribution in [3.63, 3.8) is 0 Å². The van der Waals surface area contributed by atoms with E-state index in [4.69, 9.17) is 0 Å². The first-order chi connectivity index (χ1) is 6.89. The molecule has 1 rings (SSSR count). The van der Waals surface area contributed by atoms with Crippen molar-refractivity contribution >= 4 is 0 Å². The summed E-state index contributed by atoms with van der Waals surface area (Å²) in [5.41, 5.74) is 0.618. The van der Waals surface area contributed by atoms with E-state index in [1.165, 1.54) is 6.08 Å². The fourth-order valence-corrected chi connectivity index (χ4v) is 1.40. The Bertz CT molecular complexity index is 274. The first kappa shape index (κ1) is 12.3. The minimum atomic E-state index is -4.16. The molecule has 4 heteroatoms. The van der Waals surface area contributed by atoms with Gasteiger partial charge in [0.15, 0.2) is 0 Å². The summed E-state index contributed by atoms with van der Waals surface area (Å²) in [6, 6.07) is 0.360. The normalized spacial score (nSPS) is 17.7. The van der Waals surface area contributed by atoms with Gasteiger partial charge in [-0.3, -0.25) is 0 Å². The van der Waals surface area contributed by atoms with Crippen LogP contribution in [0.2, 0.25) is 0 Å². The summed E-state index contributed by atoms with van der Waals surface area (Å²) in [7, 11) is 0. The van der Waals surface area contributed by atoms with Gasteiger partial charge in [-0.2, -0.15) is 13.2 Å². The van der Waals surface area contributed by atoms with Crippen LogP contribution in [0.4, 0.5) is 13.2 Å². The Morgan fingerprint density at radius 2 is 1.93 bits per heavy atom. The van der Waals surface area contributed by atoms with Crippen LogP contribution in [0.3, 0.4) is 0 Å².